The Hall–Kier alpha value is -0.160. The minimum absolute atomic E-state index is 0.234. The van der Waals surface area contributed by atoms with E-state index >= 15 is 0 Å². The number of nitrogens with zero attached hydrogens (tertiary/aromatic N) is 2. The highest BCUT2D eigenvalue weighted by Crippen LogP contribution is 2.05. The second-order valence-electron chi connectivity index (χ2n) is 5.49. The van der Waals surface area contributed by atoms with Gasteiger partial charge in [-0.1, -0.05) is 13.8 Å². The lowest BCUT2D eigenvalue weighted by molar-refractivity contribution is 0.134. The molecule has 0 aliphatic rings. The Balaban J connectivity index is 4.01. The Morgan fingerprint density at radius 3 is 1.71 bits per heavy atom. The minimum Gasteiger partial charge on any atom is -0.396 e. The van der Waals surface area contributed by atoms with Crippen LogP contribution in [0.5, 0.6) is 0 Å². The summed E-state index contributed by atoms with van der Waals surface area (Å²) in [6.45, 7) is 8.52. The molecule has 0 aliphatic heterocycles. The summed E-state index contributed by atoms with van der Waals surface area (Å²) >= 11 is 0. The van der Waals surface area contributed by atoms with Gasteiger partial charge in [0.15, 0.2) is 0 Å². The molecule has 0 aromatic rings. The fourth-order valence-corrected chi connectivity index (χ4v) is 1.86. The fraction of sp³-hybridized carbons (Fsp3) is 1.00. The predicted molar refractivity (Wildman–Crippen MR) is 72.1 cm³/mol. The van der Waals surface area contributed by atoms with Gasteiger partial charge in [0, 0.05) is 26.3 Å². The van der Waals surface area contributed by atoms with E-state index in [1.54, 1.807) is 0 Å². The standard InChI is InChI=1S/C13H30N2O2/c1-12(10-16)8-15(9-13(2)11-17)7-5-6-14(3)4/h12-13,16-17H,5-11H2,1-4H3. The molecule has 2 atom stereocenters. The highest BCUT2D eigenvalue weighted by molar-refractivity contribution is 4.66. The van der Waals surface area contributed by atoms with Crippen molar-refractivity contribution >= 4 is 0 Å². The first-order valence-corrected chi connectivity index (χ1v) is 6.58. The predicted octanol–water partition coefficient (Wildman–Crippen LogP) is 0.497. The molecule has 0 heterocycles. The Bertz CT molecular complexity index is 165. The third kappa shape index (κ3) is 9.53. The second kappa shape index (κ2) is 9.83. The van der Waals surface area contributed by atoms with Gasteiger partial charge < -0.3 is 20.0 Å². The van der Waals surface area contributed by atoms with Gasteiger partial charge >= 0.3 is 0 Å². The van der Waals surface area contributed by atoms with E-state index in [9.17, 15) is 0 Å². The molecule has 0 fully saturated rings. The van der Waals surface area contributed by atoms with E-state index in [-0.39, 0.29) is 13.2 Å². The summed E-state index contributed by atoms with van der Waals surface area (Å²) in [5, 5.41) is 18.2. The van der Waals surface area contributed by atoms with Crippen LogP contribution in [-0.2, 0) is 0 Å². The van der Waals surface area contributed by atoms with Crippen LogP contribution in [0.25, 0.3) is 0 Å². The quantitative estimate of drug-likeness (QED) is 0.589. The molecule has 0 bridgehead atoms. The van der Waals surface area contributed by atoms with E-state index in [0.29, 0.717) is 11.8 Å². The molecule has 0 aliphatic carbocycles. The summed E-state index contributed by atoms with van der Waals surface area (Å²) in [4.78, 5) is 4.54. The summed E-state index contributed by atoms with van der Waals surface area (Å²) in [5.41, 5.74) is 0. The summed E-state index contributed by atoms with van der Waals surface area (Å²) in [7, 11) is 4.16. The minimum atomic E-state index is 0.234. The molecule has 4 heteroatoms. The van der Waals surface area contributed by atoms with Crippen LogP contribution in [0.4, 0.5) is 0 Å². The van der Waals surface area contributed by atoms with E-state index in [4.69, 9.17) is 10.2 Å². The topological polar surface area (TPSA) is 46.9 Å². The average molecular weight is 246 g/mol. The van der Waals surface area contributed by atoms with Crippen molar-refractivity contribution in [2.24, 2.45) is 11.8 Å². The van der Waals surface area contributed by atoms with E-state index in [1.165, 1.54) is 0 Å². The van der Waals surface area contributed by atoms with Crippen LogP contribution < -0.4 is 0 Å². The van der Waals surface area contributed by atoms with Gasteiger partial charge in [0.2, 0.25) is 0 Å². The molecule has 2 N–H and O–H groups in total. The van der Waals surface area contributed by atoms with Crippen LogP contribution in [-0.4, -0.2) is 73.5 Å². The van der Waals surface area contributed by atoms with E-state index in [2.05, 4.69) is 37.7 Å². The zero-order chi connectivity index (χ0) is 13.3. The van der Waals surface area contributed by atoms with Crippen molar-refractivity contribution in [3.05, 3.63) is 0 Å². The van der Waals surface area contributed by atoms with Gasteiger partial charge in [0.25, 0.3) is 0 Å². The number of hydrogen-bond donors (Lipinski definition) is 2. The highest BCUT2D eigenvalue weighted by atomic mass is 16.3. The first kappa shape index (κ1) is 16.8. The van der Waals surface area contributed by atoms with Gasteiger partial charge in [-0.25, -0.2) is 0 Å². The maximum Gasteiger partial charge on any atom is 0.0468 e. The third-order valence-electron chi connectivity index (χ3n) is 2.84. The van der Waals surface area contributed by atoms with Crippen molar-refractivity contribution < 1.29 is 10.2 Å². The molecule has 0 amide bonds. The zero-order valence-corrected chi connectivity index (χ0v) is 11.9. The van der Waals surface area contributed by atoms with E-state index in [1.807, 2.05) is 0 Å². The monoisotopic (exact) mass is 246 g/mol. The normalized spacial score (nSPS) is 15.5. The van der Waals surface area contributed by atoms with E-state index in [0.717, 1.165) is 32.6 Å². The first-order chi connectivity index (χ1) is 7.99. The molecule has 0 rings (SSSR count). The maximum absolute atomic E-state index is 9.10. The molecule has 0 spiro atoms. The largest absolute Gasteiger partial charge is 0.396 e. The smallest absolute Gasteiger partial charge is 0.0468 e. The van der Waals surface area contributed by atoms with Crippen LogP contribution >= 0.6 is 0 Å². The van der Waals surface area contributed by atoms with Crippen LogP contribution in [0.2, 0.25) is 0 Å². The highest BCUT2D eigenvalue weighted by Gasteiger charge is 2.12. The Morgan fingerprint density at radius 1 is 0.882 bits per heavy atom. The number of rotatable bonds is 10. The fourth-order valence-electron chi connectivity index (χ4n) is 1.86. The molecular formula is C13H30N2O2. The Morgan fingerprint density at radius 2 is 1.35 bits per heavy atom. The number of aliphatic hydroxyl groups excluding tert-OH is 2. The van der Waals surface area contributed by atoms with Gasteiger partial charge in [-0.3, -0.25) is 0 Å². The summed E-state index contributed by atoms with van der Waals surface area (Å²) in [6.07, 6.45) is 1.13. The van der Waals surface area contributed by atoms with Crippen molar-refractivity contribution in [1.29, 1.82) is 0 Å². The van der Waals surface area contributed by atoms with Gasteiger partial charge in [-0.05, 0) is 45.4 Å². The molecule has 0 radical (unpaired) electrons. The molecule has 0 aromatic carbocycles. The molecule has 0 saturated carbocycles. The lowest BCUT2D eigenvalue weighted by atomic mass is 10.1. The van der Waals surface area contributed by atoms with Crippen molar-refractivity contribution in [2.75, 3.05) is 53.5 Å². The molecule has 4 nitrogen and oxygen atoms in total. The van der Waals surface area contributed by atoms with Crippen molar-refractivity contribution in [3.63, 3.8) is 0 Å². The number of hydrogen-bond acceptors (Lipinski definition) is 4. The van der Waals surface area contributed by atoms with Gasteiger partial charge in [0.1, 0.15) is 0 Å². The van der Waals surface area contributed by atoms with Crippen molar-refractivity contribution in [2.45, 2.75) is 20.3 Å². The summed E-state index contributed by atoms with van der Waals surface area (Å²) in [6, 6.07) is 0. The molecule has 0 saturated heterocycles. The molecule has 2 unspecified atom stereocenters. The van der Waals surface area contributed by atoms with Crippen LogP contribution in [0.1, 0.15) is 20.3 Å². The lowest BCUT2D eigenvalue weighted by Gasteiger charge is -2.27. The molecule has 0 aromatic heterocycles. The van der Waals surface area contributed by atoms with Crippen LogP contribution in [0.15, 0.2) is 0 Å². The summed E-state index contributed by atoms with van der Waals surface area (Å²) in [5.74, 6) is 0.612. The second-order valence-corrected chi connectivity index (χ2v) is 5.49. The average Bonchev–Trinajstić information content (AvgIpc) is 2.27. The molecular weight excluding hydrogens is 216 g/mol. The number of aliphatic hydroxyl groups is 2. The maximum atomic E-state index is 9.10. The van der Waals surface area contributed by atoms with Gasteiger partial charge in [-0.2, -0.15) is 0 Å². The molecule has 17 heavy (non-hydrogen) atoms. The lowest BCUT2D eigenvalue weighted by Crippen LogP contribution is -2.36. The summed E-state index contributed by atoms with van der Waals surface area (Å²) < 4.78 is 0. The first-order valence-electron chi connectivity index (χ1n) is 6.58. The zero-order valence-electron chi connectivity index (χ0n) is 11.9. The Labute approximate surface area is 106 Å². The van der Waals surface area contributed by atoms with Gasteiger partial charge in [0.05, 0.1) is 0 Å². The van der Waals surface area contributed by atoms with Crippen molar-refractivity contribution in [1.82, 2.24) is 9.80 Å². The van der Waals surface area contributed by atoms with Crippen LogP contribution in [0.3, 0.4) is 0 Å². The Kier molecular flexibility index (Phi) is 9.74. The molecule has 104 valence electrons. The van der Waals surface area contributed by atoms with Gasteiger partial charge in [-0.15, -0.1) is 0 Å². The third-order valence-corrected chi connectivity index (χ3v) is 2.84. The van der Waals surface area contributed by atoms with Crippen molar-refractivity contribution in [3.8, 4) is 0 Å². The van der Waals surface area contributed by atoms with Crippen LogP contribution in [0, 0.1) is 11.8 Å². The van der Waals surface area contributed by atoms with E-state index < -0.39 is 0 Å². The SMILES string of the molecule is CC(CO)CN(CCCN(C)C)CC(C)CO.